The fraction of sp³-hybridized carbons (Fsp3) is 0.0667. The molecule has 2 rings (SSSR count). The molecule has 0 saturated carbocycles. The Bertz CT molecular complexity index is 592. The summed E-state index contributed by atoms with van der Waals surface area (Å²) in [5, 5.41) is 0.576. The van der Waals surface area contributed by atoms with Gasteiger partial charge in [0.25, 0.3) is 0 Å². The first-order chi connectivity index (χ1) is 9.29. The molecule has 2 aromatic carbocycles. The highest BCUT2D eigenvalue weighted by Gasteiger charge is 2.05. The quantitative estimate of drug-likeness (QED) is 0.594. The molecule has 0 aliphatic carbocycles. The average Bonchev–Trinajstić information content (AvgIpc) is 2.45. The lowest BCUT2D eigenvalue weighted by molar-refractivity contribution is 0.924. The molecule has 0 spiro atoms. The summed E-state index contributed by atoms with van der Waals surface area (Å²) in [5.41, 5.74) is 1.61. The van der Waals surface area contributed by atoms with Crippen LogP contribution in [0, 0.1) is 11.8 Å². The minimum Gasteiger partial charge on any atom is -0.277 e. The number of nitrogens with zero attached hydrogens (tertiary/aromatic N) is 1. The topological polar surface area (TPSA) is 3.24 Å². The van der Waals surface area contributed by atoms with Gasteiger partial charge in [-0.25, -0.2) is 0 Å². The molecule has 4 heteroatoms. The van der Waals surface area contributed by atoms with E-state index in [1.165, 1.54) is 4.31 Å². The Hall–Kier alpha value is -1.63. The zero-order chi connectivity index (χ0) is 13.5. The van der Waals surface area contributed by atoms with Gasteiger partial charge in [0, 0.05) is 10.6 Å². The summed E-state index contributed by atoms with van der Waals surface area (Å²) in [5.74, 6) is 5.93. The van der Waals surface area contributed by atoms with E-state index in [9.17, 15) is 3.89 Å². The van der Waals surface area contributed by atoms with E-state index in [0.29, 0.717) is 10.7 Å². The Balaban J connectivity index is 2.07. The second-order valence-electron chi connectivity index (χ2n) is 3.75. The third-order valence-electron chi connectivity index (χ3n) is 2.41. The van der Waals surface area contributed by atoms with Gasteiger partial charge in [0.2, 0.25) is 0 Å². The Morgan fingerprint density at radius 1 is 1.11 bits per heavy atom. The van der Waals surface area contributed by atoms with Gasteiger partial charge in [0.1, 0.15) is 0 Å². The number of hydrogen-bond acceptors (Lipinski definition) is 2. The van der Waals surface area contributed by atoms with Crippen molar-refractivity contribution in [2.24, 2.45) is 0 Å². The molecule has 0 aliphatic heterocycles. The summed E-state index contributed by atoms with van der Waals surface area (Å²) in [6.07, 6.45) is 0. The SMILES string of the molecule is FSN(CC#Cc1ccccc1)c1cccc(Cl)c1. The second-order valence-corrected chi connectivity index (χ2v) is 4.77. The molecular formula is C15H11ClFNS. The summed E-state index contributed by atoms with van der Waals surface area (Å²) in [6.45, 7) is 0.288. The highest BCUT2D eigenvalue weighted by molar-refractivity contribution is 7.95. The molecule has 0 unspecified atom stereocenters. The predicted molar refractivity (Wildman–Crippen MR) is 80.8 cm³/mol. The van der Waals surface area contributed by atoms with E-state index in [4.69, 9.17) is 11.6 Å². The molecule has 2 aromatic rings. The Labute approximate surface area is 121 Å². The van der Waals surface area contributed by atoms with Crippen LogP contribution in [-0.4, -0.2) is 6.54 Å². The van der Waals surface area contributed by atoms with E-state index in [-0.39, 0.29) is 18.9 Å². The zero-order valence-electron chi connectivity index (χ0n) is 10.0. The van der Waals surface area contributed by atoms with Crippen LogP contribution in [0.4, 0.5) is 9.57 Å². The van der Waals surface area contributed by atoms with Crippen molar-refractivity contribution in [2.75, 3.05) is 10.8 Å². The first-order valence-electron chi connectivity index (χ1n) is 5.65. The van der Waals surface area contributed by atoms with E-state index in [1.807, 2.05) is 30.3 Å². The Morgan fingerprint density at radius 3 is 2.58 bits per heavy atom. The zero-order valence-corrected chi connectivity index (χ0v) is 11.6. The lowest BCUT2D eigenvalue weighted by Gasteiger charge is -2.15. The van der Waals surface area contributed by atoms with Crippen molar-refractivity contribution < 1.29 is 3.89 Å². The van der Waals surface area contributed by atoms with Crippen molar-refractivity contribution >= 4 is 29.6 Å². The van der Waals surface area contributed by atoms with Gasteiger partial charge >= 0.3 is 0 Å². The Morgan fingerprint density at radius 2 is 1.89 bits per heavy atom. The number of rotatable bonds is 3. The maximum atomic E-state index is 12.9. The summed E-state index contributed by atoms with van der Waals surface area (Å²) in [6, 6.07) is 16.6. The molecule has 0 saturated heterocycles. The summed E-state index contributed by atoms with van der Waals surface area (Å²) in [7, 11) is 0. The van der Waals surface area contributed by atoms with E-state index >= 15 is 0 Å². The molecule has 0 amide bonds. The van der Waals surface area contributed by atoms with Crippen LogP contribution in [-0.2, 0) is 0 Å². The minimum absolute atomic E-state index is 0.139. The van der Waals surface area contributed by atoms with Crippen LogP contribution in [0.25, 0.3) is 0 Å². The predicted octanol–water partition coefficient (Wildman–Crippen LogP) is 4.73. The van der Waals surface area contributed by atoms with Crippen molar-refractivity contribution in [3.8, 4) is 11.8 Å². The van der Waals surface area contributed by atoms with Gasteiger partial charge in [-0.05, 0) is 30.3 Å². The van der Waals surface area contributed by atoms with E-state index < -0.39 is 0 Å². The molecule has 0 fully saturated rings. The molecule has 19 heavy (non-hydrogen) atoms. The molecule has 0 heterocycles. The van der Waals surface area contributed by atoms with Gasteiger partial charge in [-0.3, -0.25) is 4.31 Å². The molecule has 0 aliphatic rings. The smallest absolute Gasteiger partial charge is 0.166 e. The first kappa shape index (κ1) is 13.8. The van der Waals surface area contributed by atoms with Crippen LogP contribution in [0.1, 0.15) is 5.56 Å². The van der Waals surface area contributed by atoms with E-state index in [1.54, 1.807) is 24.3 Å². The van der Waals surface area contributed by atoms with Crippen LogP contribution in [0.3, 0.4) is 0 Å². The average molecular weight is 292 g/mol. The van der Waals surface area contributed by atoms with Gasteiger partial charge in [0.05, 0.1) is 12.2 Å². The third kappa shape index (κ3) is 4.20. The summed E-state index contributed by atoms with van der Waals surface area (Å²) < 4.78 is 14.4. The second kappa shape index (κ2) is 7.08. The third-order valence-corrected chi connectivity index (χ3v) is 3.15. The number of anilines is 1. The molecule has 0 atom stereocenters. The molecule has 96 valence electrons. The summed E-state index contributed by atoms with van der Waals surface area (Å²) in [4.78, 5) is 0. The highest BCUT2D eigenvalue weighted by Crippen LogP contribution is 2.25. The monoisotopic (exact) mass is 291 g/mol. The van der Waals surface area contributed by atoms with Gasteiger partial charge in [-0.1, -0.05) is 47.7 Å². The maximum absolute atomic E-state index is 12.9. The van der Waals surface area contributed by atoms with Crippen LogP contribution >= 0.6 is 23.9 Å². The van der Waals surface area contributed by atoms with Crippen LogP contribution in [0.15, 0.2) is 54.6 Å². The van der Waals surface area contributed by atoms with Gasteiger partial charge in [0.15, 0.2) is 12.3 Å². The fourth-order valence-corrected chi connectivity index (χ4v) is 2.01. The standard InChI is InChI=1S/C15H11ClFNS/c16-14-9-4-10-15(12-14)18(19-17)11-5-8-13-6-2-1-3-7-13/h1-4,6-7,9-10,12H,11H2. The van der Waals surface area contributed by atoms with E-state index in [2.05, 4.69) is 11.8 Å². The fourth-order valence-electron chi connectivity index (χ4n) is 1.52. The number of hydrogen-bond donors (Lipinski definition) is 0. The lowest BCUT2D eigenvalue weighted by Crippen LogP contribution is -2.12. The van der Waals surface area contributed by atoms with Crippen LogP contribution in [0.5, 0.6) is 0 Å². The van der Waals surface area contributed by atoms with E-state index in [0.717, 1.165) is 5.56 Å². The molecule has 0 N–H and O–H groups in total. The summed E-state index contributed by atoms with van der Waals surface area (Å²) >= 11 is 6.02. The maximum Gasteiger partial charge on any atom is 0.166 e. The highest BCUT2D eigenvalue weighted by atomic mass is 35.5. The number of benzene rings is 2. The van der Waals surface area contributed by atoms with Crippen molar-refractivity contribution in [1.29, 1.82) is 0 Å². The van der Waals surface area contributed by atoms with Gasteiger partial charge in [-0.2, -0.15) is 0 Å². The van der Waals surface area contributed by atoms with Gasteiger partial charge < -0.3 is 0 Å². The molecule has 0 bridgehead atoms. The van der Waals surface area contributed by atoms with Crippen LogP contribution < -0.4 is 4.31 Å². The van der Waals surface area contributed by atoms with Crippen molar-refractivity contribution in [3.05, 3.63) is 65.2 Å². The van der Waals surface area contributed by atoms with Crippen LogP contribution in [0.2, 0.25) is 5.02 Å². The van der Waals surface area contributed by atoms with Crippen molar-refractivity contribution in [3.63, 3.8) is 0 Å². The number of halogens is 2. The Kier molecular flexibility index (Phi) is 5.14. The molecular weight excluding hydrogens is 281 g/mol. The van der Waals surface area contributed by atoms with Gasteiger partial charge in [-0.15, -0.1) is 3.89 Å². The minimum atomic E-state index is 0.139. The normalized spacial score (nSPS) is 9.58. The molecule has 0 aromatic heterocycles. The molecule has 1 nitrogen and oxygen atoms in total. The molecule has 0 radical (unpaired) electrons. The van der Waals surface area contributed by atoms with Crippen molar-refractivity contribution in [1.82, 2.24) is 0 Å². The lowest BCUT2D eigenvalue weighted by atomic mass is 10.2. The first-order valence-corrected chi connectivity index (χ1v) is 6.70. The van der Waals surface area contributed by atoms with Crippen molar-refractivity contribution in [2.45, 2.75) is 0 Å². The largest absolute Gasteiger partial charge is 0.277 e.